The molecule has 0 saturated carbocycles. The van der Waals surface area contributed by atoms with Gasteiger partial charge in [0.1, 0.15) is 5.82 Å². The average molecular weight is 267 g/mol. The van der Waals surface area contributed by atoms with Crippen molar-refractivity contribution in [3.05, 3.63) is 59.7 Å². The molecular formula is C17H21N3. The van der Waals surface area contributed by atoms with Gasteiger partial charge in [-0.05, 0) is 37.9 Å². The van der Waals surface area contributed by atoms with Crippen LogP contribution in [-0.2, 0) is 6.42 Å². The van der Waals surface area contributed by atoms with Gasteiger partial charge in [0.05, 0.1) is 0 Å². The molecule has 1 aliphatic heterocycles. The summed E-state index contributed by atoms with van der Waals surface area (Å²) >= 11 is 0. The molecule has 104 valence electrons. The zero-order chi connectivity index (χ0) is 13.8. The molecule has 3 heteroatoms. The molecule has 1 aliphatic rings. The topological polar surface area (TPSA) is 29.0 Å². The van der Waals surface area contributed by atoms with Gasteiger partial charge in [-0.15, -0.1) is 0 Å². The number of rotatable bonds is 4. The zero-order valence-electron chi connectivity index (χ0n) is 12.0. The Labute approximate surface area is 120 Å². The summed E-state index contributed by atoms with van der Waals surface area (Å²) in [4.78, 5) is 11.5. The Morgan fingerprint density at radius 1 is 1.20 bits per heavy atom. The first-order valence-electron chi connectivity index (χ1n) is 7.37. The van der Waals surface area contributed by atoms with Crippen LogP contribution in [0.3, 0.4) is 0 Å². The van der Waals surface area contributed by atoms with E-state index in [0.29, 0.717) is 5.92 Å². The molecule has 1 atom stereocenters. The summed E-state index contributed by atoms with van der Waals surface area (Å²) in [5.41, 5.74) is 2.49. The molecule has 1 aromatic heterocycles. The number of hydrogen-bond donors (Lipinski definition) is 0. The Kier molecular flexibility index (Phi) is 4.07. The molecule has 20 heavy (non-hydrogen) atoms. The molecule has 0 spiro atoms. The van der Waals surface area contributed by atoms with Crippen molar-refractivity contribution in [1.82, 2.24) is 14.9 Å². The van der Waals surface area contributed by atoms with E-state index in [1.807, 2.05) is 19.2 Å². The minimum absolute atomic E-state index is 0.505. The highest BCUT2D eigenvalue weighted by molar-refractivity contribution is 5.15. The maximum atomic E-state index is 4.57. The van der Waals surface area contributed by atoms with Gasteiger partial charge in [-0.25, -0.2) is 9.97 Å². The van der Waals surface area contributed by atoms with Crippen molar-refractivity contribution >= 4 is 0 Å². The second-order valence-corrected chi connectivity index (χ2v) is 5.58. The average Bonchev–Trinajstić information content (AvgIpc) is 2.95. The first-order chi connectivity index (χ1) is 9.81. The van der Waals surface area contributed by atoms with Gasteiger partial charge in [0.2, 0.25) is 0 Å². The van der Waals surface area contributed by atoms with E-state index >= 15 is 0 Å². The summed E-state index contributed by atoms with van der Waals surface area (Å²) in [6.07, 6.45) is 4.19. The molecule has 0 radical (unpaired) electrons. The number of likely N-dealkylation sites (tertiary alicyclic amines) is 1. The highest BCUT2D eigenvalue weighted by Crippen LogP contribution is 2.24. The maximum Gasteiger partial charge on any atom is 0.132 e. The third-order valence-corrected chi connectivity index (χ3v) is 4.01. The molecule has 2 aromatic rings. The number of aromatic nitrogens is 2. The lowest BCUT2D eigenvalue weighted by Gasteiger charge is -2.15. The third kappa shape index (κ3) is 3.23. The van der Waals surface area contributed by atoms with Gasteiger partial charge in [0, 0.05) is 30.9 Å². The molecule has 0 unspecified atom stereocenters. The van der Waals surface area contributed by atoms with Crippen LogP contribution < -0.4 is 0 Å². The fourth-order valence-corrected chi connectivity index (χ4v) is 2.84. The summed E-state index contributed by atoms with van der Waals surface area (Å²) in [6, 6.07) is 12.7. The summed E-state index contributed by atoms with van der Waals surface area (Å²) in [7, 11) is 0. The van der Waals surface area contributed by atoms with Crippen molar-refractivity contribution in [3.63, 3.8) is 0 Å². The predicted octanol–water partition coefficient (Wildman–Crippen LogP) is 2.82. The van der Waals surface area contributed by atoms with E-state index in [2.05, 4.69) is 45.2 Å². The van der Waals surface area contributed by atoms with E-state index in [1.54, 1.807) is 0 Å². The summed E-state index contributed by atoms with van der Waals surface area (Å²) in [5.74, 6) is 1.53. The summed E-state index contributed by atoms with van der Waals surface area (Å²) in [6.45, 7) is 5.42. The van der Waals surface area contributed by atoms with Crippen LogP contribution in [0.5, 0.6) is 0 Å². The van der Waals surface area contributed by atoms with E-state index in [1.165, 1.54) is 12.0 Å². The number of benzene rings is 1. The second kappa shape index (κ2) is 6.14. The van der Waals surface area contributed by atoms with E-state index < -0.39 is 0 Å². The van der Waals surface area contributed by atoms with Crippen LogP contribution in [-0.4, -0.2) is 34.5 Å². The van der Waals surface area contributed by atoms with E-state index in [-0.39, 0.29) is 0 Å². The smallest absolute Gasteiger partial charge is 0.132 e. The van der Waals surface area contributed by atoms with Crippen LogP contribution in [0.25, 0.3) is 0 Å². The van der Waals surface area contributed by atoms with Crippen molar-refractivity contribution in [2.45, 2.75) is 25.7 Å². The van der Waals surface area contributed by atoms with Crippen molar-refractivity contribution in [2.24, 2.45) is 0 Å². The van der Waals surface area contributed by atoms with Crippen molar-refractivity contribution in [2.75, 3.05) is 19.6 Å². The number of nitrogens with zero attached hydrogens (tertiary/aromatic N) is 3. The SMILES string of the molecule is Cc1ccnc([C@H]2CCN(CCc3ccccc3)C2)n1. The molecule has 1 saturated heterocycles. The van der Waals surface area contributed by atoms with Crippen molar-refractivity contribution in [3.8, 4) is 0 Å². The van der Waals surface area contributed by atoms with Crippen LogP contribution in [0.4, 0.5) is 0 Å². The maximum absolute atomic E-state index is 4.57. The Hall–Kier alpha value is -1.74. The van der Waals surface area contributed by atoms with E-state index in [9.17, 15) is 0 Å². The molecule has 0 amide bonds. The highest BCUT2D eigenvalue weighted by Gasteiger charge is 2.25. The normalized spacial score (nSPS) is 19.4. The van der Waals surface area contributed by atoms with Gasteiger partial charge in [-0.3, -0.25) is 0 Å². The van der Waals surface area contributed by atoms with Gasteiger partial charge >= 0.3 is 0 Å². The molecule has 2 heterocycles. The van der Waals surface area contributed by atoms with Crippen LogP contribution in [0.1, 0.15) is 29.4 Å². The van der Waals surface area contributed by atoms with Crippen LogP contribution in [0, 0.1) is 6.92 Å². The molecular weight excluding hydrogens is 246 g/mol. The minimum Gasteiger partial charge on any atom is -0.302 e. The van der Waals surface area contributed by atoms with Crippen LogP contribution >= 0.6 is 0 Å². The predicted molar refractivity (Wildman–Crippen MR) is 80.7 cm³/mol. The van der Waals surface area contributed by atoms with Gasteiger partial charge in [-0.2, -0.15) is 0 Å². The summed E-state index contributed by atoms with van der Waals surface area (Å²) in [5, 5.41) is 0. The van der Waals surface area contributed by atoms with E-state index in [4.69, 9.17) is 0 Å². The monoisotopic (exact) mass is 267 g/mol. The fraction of sp³-hybridized carbons (Fsp3) is 0.412. The standard InChI is InChI=1S/C17H21N3/c1-14-7-10-18-17(19-14)16-9-12-20(13-16)11-8-15-5-3-2-4-6-15/h2-7,10,16H,8-9,11-13H2,1H3/t16-/m0/s1. The second-order valence-electron chi connectivity index (χ2n) is 5.58. The molecule has 3 nitrogen and oxygen atoms in total. The van der Waals surface area contributed by atoms with Gasteiger partial charge in [0.25, 0.3) is 0 Å². The zero-order valence-corrected chi connectivity index (χ0v) is 12.0. The lowest BCUT2D eigenvalue weighted by atomic mass is 10.1. The molecule has 3 rings (SSSR count). The van der Waals surface area contributed by atoms with E-state index in [0.717, 1.165) is 37.6 Å². The highest BCUT2D eigenvalue weighted by atomic mass is 15.1. The van der Waals surface area contributed by atoms with Gasteiger partial charge < -0.3 is 4.90 Å². The number of hydrogen-bond acceptors (Lipinski definition) is 3. The summed E-state index contributed by atoms with van der Waals surface area (Å²) < 4.78 is 0. The Bertz CT molecular complexity index is 553. The Morgan fingerprint density at radius 2 is 2.05 bits per heavy atom. The largest absolute Gasteiger partial charge is 0.302 e. The third-order valence-electron chi connectivity index (χ3n) is 4.01. The quantitative estimate of drug-likeness (QED) is 0.853. The fourth-order valence-electron chi connectivity index (χ4n) is 2.84. The van der Waals surface area contributed by atoms with Crippen molar-refractivity contribution in [1.29, 1.82) is 0 Å². The lowest BCUT2D eigenvalue weighted by Crippen LogP contribution is -2.23. The lowest BCUT2D eigenvalue weighted by molar-refractivity contribution is 0.337. The minimum atomic E-state index is 0.505. The first-order valence-corrected chi connectivity index (χ1v) is 7.37. The van der Waals surface area contributed by atoms with Crippen LogP contribution in [0.15, 0.2) is 42.6 Å². The Balaban J connectivity index is 1.55. The number of aryl methyl sites for hydroxylation is 1. The molecule has 0 bridgehead atoms. The molecule has 1 aromatic carbocycles. The molecule has 1 fully saturated rings. The van der Waals surface area contributed by atoms with Gasteiger partial charge in [-0.1, -0.05) is 30.3 Å². The Morgan fingerprint density at radius 3 is 2.85 bits per heavy atom. The first kappa shape index (κ1) is 13.3. The van der Waals surface area contributed by atoms with Gasteiger partial charge in [0.15, 0.2) is 0 Å². The van der Waals surface area contributed by atoms with Crippen molar-refractivity contribution < 1.29 is 0 Å². The molecule has 0 aliphatic carbocycles. The van der Waals surface area contributed by atoms with Crippen LogP contribution in [0.2, 0.25) is 0 Å². The molecule has 0 N–H and O–H groups in total.